The van der Waals surface area contributed by atoms with E-state index in [9.17, 15) is 15.3 Å². The molecule has 0 unspecified atom stereocenters. The predicted molar refractivity (Wildman–Crippen MR) is 116 cm³/mol. The summed E-state index contributed by atoms with van der Waals surface area (Å²) in [4.78, 5) is 13.7. The number of hydrogen-bond acceptors (Lipinski definition) is 5. The van der Waals surface area contributed by atoms with Gasteiger partial charge < -0.3 is 9.47 Å². The van der Waals surface area contributed by atoms with Gasteiger partial charge in [0.15, 0.2) is 11.5 Å². The highest BCUT2D eigenvalue weighted by atomic mass is 16.5. The highest BCUT2D eigenvalue weighted by Crippen LogP contribution is 2.40. The van der Waals surface area contributed by atoms with Gasteiger partial charge in [0, 0.05) is 11.1 Å². The summed E-state index contributed by atoms with van der Waals surface area (Å²) in [5.41, 5.74) is 3.13. The minimum atomic E-state index is -0.353. The minimum absolute atomic E-state index is 0.238. The van der Waals surface area contributed by atoms with Crippen molar-refractivity contribution >= 4 is 5.78 Å². The molecule has 2 rings (SSSR count). The molecule has 5 nitrogen and oxygen atoms in total. The smallest absolute Gasteiger partial charge is 0.292 e. The second-order valence-electron chi connectivity index (χ2n) is 9.59. The van der Waals surface area contributed by atoms with Crippen molar-refractivity contribution in [2.45, 2.75) is 66.2 Å². The third-order valence-electron chi connectivity index (χ3n) is 4.87. The van der Waals surface area contributed by atoms with Crippen LogP contribution in [-0.2, 0) is 10.8 Å². The average Bonchev–Trinajstić information content (AvgIpc) is 2.61. The van der Waals surface area contributed by atoms with E-state index in [1.165, 1.54) is 0 Å². The van der Waals surface area contributed by atoms with Crippen LogP contribution in [0.15, 0.2) is 24.3 Å². The van der Waals surface area contributed by atoms with Crippen molar-refractivity contribution in [1.82, 2.24) is 0 Å². The summed E-state index contributed by atoms with van der Waals surface area (Å²) in [6.07, 6.45) is 3.43. The molecule has 0 saturated heterocycles. The number of ketones is 1. The Balaban J connectivity index is 2.88. The Morgan fingerprint density at radius 1 is 0.733 bits per heavy atom. The van der Waals surface area contributed by atoms with Crippen LogP contribution < -0.4 is 9.47 Å². The van der Waals surface area contributed by atoms with Crippen molar-refractivity contribution in [3.05, 3.63) is 57.6 Å². The van der Waals surface area contributed by atoms with Crippen LogP contribution >= 0.6 is 0 Å². The Hall–Kier alpha value is -3.31. The molecule has 0 saturated carbocycles. The lowest BCUT2D eigenvalue weighted by molar-refractivity contribution is 0.103. The summed E-state index contributed by atoms with van der Waals surface area (Å²) in [6, 6.07) is 7.26. The summed E-state index contributed by atoms with van der Waals surface area (Å²) >= 11 is 0. The van der Waals surface area contributed by atoms with E-state index < -0.39 is 0 Å². The first kappa shape index (κ1) is 23.0. The maximum Gasteiger partial charge on any atom is 0.292 e. The third-order valence-corrected chi connectivity index (χ3v) is 4.87. The summed E-state index contributed by atoms with van der Waals surface area (Å²) in [5.74, 6) is 0.124. The average molecular weight is 405 g/mol. The fraction of sp³-hybridized carbons (Fsp3) is 0.400. The van der Waals surface area contributed by atoms with Crippen LogP contribution in [0.3, 0.4) is 0 Å². The summed E-state index contributed by atoms with van der Waals surface area (Å²) < 4.78 is 10.6. The fourth-order valence-electron chi connectivity index (χ4n) is 3.45. The van der Waals surface area contributed by atoms with Gasteiger partial charge in [-0.05, 0) is 47.9 Å². The van der Waals surface area contributed by atoms with E-state index in [-0.39, 0.29) is 39.2 Å². The topological polar surface area (TPSA) is 83.1 Å². The molecule has 2 aromatic carbocycles. The SMILES string of the molecule is Cc1cc(C(=O)c2cc(C)cc(C(C)(C)C)c2OC#N)c(OC#N)c(C(C)(C)C)c1. The molecule has 0 radical (unpaired) electrons. The molecule has 0 bridgehead atoms. The Labute approximate surface area is 178 Å². The second-order valence-corrected chi connectivity index (χ2v) is 9.59. The van der Waals surface area contributed by atoms with Gasteiger partial charge in [-0.15, -0.1) is 10.5 Å². The minimum Gasteiger partial charge on any atom is -0.387 e. The van der Waals surface area contributed by atoms with Crippen LogP contribution in [0.5, 0.6) is 11.5 Å². The van der Waals surface area contributed by atoms with Crippen molar-refractivity contribution in [2.24, 2.45) is 0 Å². The molecule has 2 aromatic rings. The van der Waals surface area contributed by atoms with E-state index >= 15 is 0 Å². The fourth-order valence-corrected chi connectivity index (χ4v) is 3.45. The van der Waals surface area contributed by atoms with Crippen molar-refractivity contribution in [1.29, 1.82) is 10.5 Å². The standard InChI is InChI=1S/C25H28N2O3/c1-15-9-17(22(29-13-26)19(11-15)24(3,4)5)21(28)18-10-16(2)12-20(25(6,7)8)23(18)30-14-27/h9-12H,1-8H3. The molecule has 0 aliphatic carbocycles. The van der Waals surface area contributed by atoms with Gasteiger partial charge >= 0.3 is 0 Å². The third kappa shape index (κ3) is 4.63. The van der Waals surface area contributed by atoms with Crippen LogP contribution in [0.25, 0.3) is 0 Å². The maximum atomic E-state index is 13.7. The first-order valence-electron chi connectivity index (χ1n) is 9.78. The van der Waals surface area contributed by atoms with E-state index in [4.69, 9.17) is 9.47 Å². The van der Waals surface area contributed by atoms with E-state index in [1.54, 1.807) is 24.6 Å². The molecular formula is C25H28N2O3. The maximum absolute atomic E-state index is 13.7. The number of ether oxygens (including phenoxy) is 2. The number of aryl methyl sites for hydroxylation is 2. The van der Waals surface area contributed by atoms with Crippen molar-refractivity contribution < 1.29 is 14.3 Å². The van der Waals surface area contributed by atoms with Gasteiger partial charge in [-0.2, -0.15) is 0 Å². The van der Waals surface area contributed by atoms with Crippen LogP contribution in [-0.4, -0.2) is 5.78 Å². The second kappa shape index (κ2) is 8.20. The van der Waals surface area contributed by atoms with E-state index in [2.05, 4.69) is 0 Å². The molecular weight excluding hydrogens is 376 g/mol. The zero-order valence-corrected chi connectivity index (χ0v) is 18.9. The molecule has 5 heteroatoms. The Kier molecular flexibility index (Phi) is 6.28. The molecule has 0 aromatic heterocycles. The van der Waals surface area contributed by atoms with Crippen LogP contribution in [0.2, 0.25) is 0 Å². The molecule has 0 atom stereocenters. The van der Waals surface area contributed by atoms with Gasteiger partial charge in [0.2, 0.25) is 5.78 Å². The van der Waals surface area contributed by atoms with Crippen molar-refractivity contribution in [3.8, 4) is 24.0 Å². The molecule has 0 spiro atoms. The quantitative estimate of drug-likeness (QED) is 0.471. The highest BCUT2D eigenvalue weighted by molar-refractivity contribution is 6.13. The number of carbonyl (C=O) groups is 1. The van der Waals surface area contributed by atoms with Crippen molar-refractivity contribution in [3.63, 3.8) is 0 Å². The van der Waals surface area contributed by atoms with Gasteiger partial charge in [-0.3, -0.25) is 4.79 Å². The molecule has 0 aliphatic heterocycles. The number of carbonyl (C=O) groups excluding carboxylic acids is 1. The zero-order valence-electron chi connectivity index (χ0n) is 18.9. The van der Waals surface area contributed by atoms with Crippen molar-refractivity contribution in [2.75, 3.05) is 0 Å². The van der Waals surface area contributed by atoms with E-state index in [0.29, 0.717) is 0 Å². The predicted octanol–water partition coefficient (Wildman–Crippen LogP) is 5.85. The molecule has 0 N–H and O–H groups in total. The normalized spacial score (nSPS) is 11.4. The first-order chi connectivity index (χ1) is 13.8. The number of hydrogen-bond donors (Lipinski definition) is 0. The number of nitrogens with zero attached hydrogens (tertiary/aromatic N) is 2. The molecule has 30 heavy (non-hydrogen) atoms. The molecule has 156 valence electrons. The molecule has 0 amide bonds. The van der Waals surface area contributed by atoms with E-state index in [1.807, 2.05) is 67.5 Å². The molecule has 0 heterocycles. The number of benzene rings is 2. The zero-order chi connectivity index (χ0) is 22.9. The van der Waals surface area contributed by atoms with Crippen LogP contribution in [0.1, 0.15) is 79.7 Å². The monoisotopic (exact) mass is 404 g/mol. The molecule has 0 aliphatic rings. The Morgan fingerprint density at radius 2 is 1.07 bits per heavy atom. The number of rotatable bonds is 4. The first-order valence-corrected chi connectivity index (χ1v) is 9.78. The van der Waals surface area contributed by atoms with Crippen LogP contribution in [0, 0.1) is 36.9 Å². The Morgan fingerprint density at radius 3 is 1.33 bits per heavy atom. The lowest BCUT2D eigenvalue weighted by Crippen LogP contribution is -2.18. The van der Waals surface area contributed by atoms with Crippen LogP contribution in [0.4, 0.5) is 0 Å². The van der Waals surface area contributed by atoms with Gasteiger partial charge in [-0.1, -0.05) is 53.7 Å². The highest BCUT2D eigenvalue weighted by Gasteiger charge is 2.30. The summed E-state index contributed by atoms with van der Waals surface area (Å²) in [6.45, 7) is 15.8. The Bertz CT molecular complexity index is 987. The van der Waals surface area contributed by atoms with Gasteiger partial charge in [0.1, 0.15) is 0 Å². The van der Waals surface area contributed by atoms with Gasteiger partial charge in [-0.25, -0.2) is 0 Å². The van der Waals surface area contributed by atoms with Gasteiger partial charge in [0.25, 0.3) is 12.5 Å². The number of nitriles is 2. The summed E-state index contributed by atoms with van der Waals surface area (Å²) in [5, 5.41) is 18.5. The molecule has 0 fully saturated rings. The summed E-state index contributed by atoms with van der Waals surface area (Å²) in [7, 11) is 0. The van der Waals surface area contributed by atoms with E-state index in [0.717, 1.165) is 22.3 Å². The van der Waals surface area contributed by atoms with Gasteiger partial charge in [0.05, 0.1) is 11.1 Å². The largest absolute Gasteiger partial charge is 0.387 e. The lowest BCUT2D eigenvalue weighted by atomic mass is 9.81. The lowest BCUT2D eigenvalue weighted by Gasteiger charge is -2.25.